The first-order valence-electron chi connectivity index (χ1n) is 11.5. The molecule has 1 radical (unpaired) electrons. The third kappa shape index (κ3) is 6.67. The number of rotatable bonds is 3. The molecule has 0 bridgehead atoms. The van der Waals surface area contributed by atoms with Crippen molar-refractivity contribution in [2.45, 2.75) is 26.4 Å². The fourth-order valence-corrected chi connectivity index (χ4v) is 4.25. The molecular weight excluding hydrogens is 694 g/mol. The summed E-state index contributed by atoms with van der Waals surface area (Å²) in [6.07, 6.45) is -4.41. The van der Waals surface area contributed by atoms with Crippen LogP contribution < -0.4 is 0 Å². The van der Waals surface area contributed by atoms with E-state index in [2.05, 4.69) is 11.1 Å². The fraction of sp³-hybridized carbons (Fsp3) is 0.133. The minimum atomic E-state index is -4.43. The predicted molar refractivity (Wildman–Crippen MR) is 138 cm³/mol. The van der Waals surface area contributed by atoms with Crippen LogP contribution in [0.25, 0.3) is 43.6 Å². The maximum atomic E-state index is 13.7. The van der Waals surface area contributed by atoms with Gasteiger partial charge in [0, 0.05) is 38.1 Å². The molecule has 3 nitrogen and oxygen atoms in total. The Kier molecular flexibility index (Phi) is 9.20. The molecule has 0 spiro atoms. The van der Waals surface area contributed by atoms with E-state index < -0.39 is 18.2 Å². The molecule has 0 aliphatic carbocycles. The number of aliphatic hydroxyl groups is 1. The van der Waals surface area contributed by atoms with Crippen LogP contribution in [0, 0.1) is 6.07 Å². The van der Waals surface area contributed by atoms with Crippen LogP contribution in [0.2, 0.25) is 0 Å². The van der Waals surface area contributed by atoms with Crippen LogP contribution >= 0.6 is 0 Å². The zero-order valence-electron chi connectivity index (χ0n) is 20.6. The molecule has 1 aromatic heterocycles. The molecule has 0 amide bonds. The van der Waals surface area contributed by atoms with Crippen molar-refractivity contribution in [3.63, 3.8) is 0 Å². The molecule has 203 valence electrons. The topological polar surface area (TPSA) is 50.2 Å². The summed E-state index contributed by atoms with van der Waals surface area (Å²) in [5, 5.41) is 11.7. The predicted octanol–water partition coefficient (Wildman–Crippen LogP) is 9.00. The van der Waals surface area contributed by atoms with Crippen LogP contribution in [0.1, 0.15) is 31.4 Å². The summed E-state index contributed by atoms with van der Waals surface area (Å²) >= 11 is 0. The molecule has 1 heterocycles. The van der Waals surface area contributed by atoms with E-state index in [9.17, 15) is 26.7 Å². The Bertz CT molecular complexity index is 1690. The number of pyridine rings is 1. The normalized spacial score (nSPS) is 11.8. The molecule has 0 unspecified atom stereocenters. The van der Waals surface area contributed by atoms with Crippen LogP contribution in [0.5, 0.6) is 0 Å². The number of nitrogens with zero attached hydrogens (tertiary/aromatic N) is 1. The van der Waals surface area contributed by atoms with Gasteiger partial charge in [-0.15, -0.1) is 23.6 Å². The van der Waals surface area contributed by atoms with Gasteiger partial charge < -0.3 is 5.11 Å². The minimum Gasteiger partial charge on any atom is -0.512 e. The molecule has 9 heteroatoms. The molecule has 0 aliphatic heterocycles. The van der Waals surface area contributed by atoms with E-state index in [1.165, 1.54) is 38.3 Å². The number of fused-ring (bicyclic) bond motifs is 4. The Balaban J connectivity index is 0.000000468. The van der Waals surface area contributed by atoms with Crippen molar-refractivity contribution in [3.8, 4) is 11.3 Å². The van der Waals surface area contributed by atoms with E-state index in [0.717, 1.165) is 12.1 Å². The Morgan fingerprint density at radius 2 is 1.62 bits per heavy atom. The van der Waals surface area contributed by atoms with Crippen molar-refractivity contribution in [2.24, 2.45) is 0 Å². The number of halogens is 5. The summed E-state index contributed by atoms with van der Waals surface area (Å²) in [4.78, 5) is 14.4. The van der Waals surface area contributed by atoms with Crippen molar-refractivity contribution in [1.29, 1.82) is 0 Å². The summed E-state index contributed by atoms with van der Waals surface area (Å²) in [5.74, 6) is -0.0625. The zero-order valence-corrected chi connectivity index (χ0v) is 23.0. The molecular formula is C30H21F5IrNO2-. The third-order valence-corrected chi connectivity index (χ3v) is 5.80. The number of aliphatic hydroxyl groups excluding tert-OH is 1. The third-order valence-electron chi connectivity index (χ3n) is 5.80. The van der Waals surface area contributed by atoms with Gasteiger partial charge in [-0.3, -0.25) is 9.78 Å². The molecule has 0 saturated carbocycles. The Labute approximate surface area is 234 Å². The monoisotopic (exact) mass is 715 g/mol. The van der Waals surface area contributed by atoms with E-state index in [4.69, 9.17) is 5.11 Å². The van der Waals surface area contributed by atoms with Crippen molar-refractivity contribution in [2.75, 3.05) is 0 Å². The van der Waals surface area contributed by atoms with E-state index in [-0.39, 0.29) is 37.2 Å². The van der Waals surface area contributed by atoms with E-state index in [1.807, 2.05) is 0 Å². The molecule has 5 aromatic rings. The van der Waals surface area contributed by atoms with Gasteiger partial charge in [0.25, 0.3) is 6.43 Å². The van der Waals surface area contributed by atoms with Crippen LogP contribution in [-0.2, 0) is 31.1 Å². The number of hydrogen-bond acceptors (Lipinski definition) is 3. The molecule has 39 heavy (non-hydrogen) atoms. The molecule has 0 saturated heterocycles. The summed E-state index contributed by atoms with van der Waals surface area (Å²) in [5.41, 5.74) is 0.0228. The van der Waals surface area contributed by atoms with Crippen molar-refractivity contribution >= 4 is 38.1 Å². The SMILES string of the molecule is CC(=O)/C=C(/C)O.FC(F)c1cc(-c2nccc3c2ccc2cc(C(F)(F)F)ccc23)[c-]c2ccccc12.[Ir]. The first-order chi connectivity index (χ1) is 18.0. The number of alkyl halides is 5. The first kappa shape index (κ1) is 29.9. The number of hydrogen-bond donors (Lipinski definition) is 1. The quantitative estimate of drug-likeness (QED) is 0.0668. The van der Waals surface area contributed by atoms with Gasteiger partial charge in [0.15, 0.2) is 5.78 Å². The average molecular weight is 715 g/mol. The maximum Gasteiger partial charge on any atom is 0.416 e. The second kappa shape index (κ2) is 12.0. The number of carbonyl (C=O) groups excluding carboxylic acids is 1. The summed E-state index contributed by atoms with van der Waals surface area (Å²) in [6, 6.07) is 19.9. The van der Waals surface area contributed by atoms with E-state index in [0.29, 0.717) is 43.6 Å². The summed E-state index contributed by atoms with van der Waals surface area (Å²) in [7, 11) is 0. The Morgan fingerprint density at radius 1 is 0.923 bits per heavy atom. The average Bonchev–Trinajstić information content (AvgIpc) is 2.86. The van der Waals surface area contributed by atoms with Gasteiger partial charge in [-0.2, -0.15) is 13.2 Å². The van der Waals surface area contributed by atoms with Crippen LogP contribution in [0.4, 0.5) is 22.0 Å². The van der Waals surface area contributed by atoms with Gasteiger partial charge in [0.1, 0.15) is 0 Å². The number of carbonyl (C=O) groups is 1. The van der Waals surface area contributed by atoms with Gasteiger partial charge in [-0.25, -0.2) is 8.78 Å². The number of benzene rings is 4. The van der Waals surface area contributed by atoms with E-state index in [1.54, 1.807) is 42.5 Å². The summed E-state index contributed by atoms with van der Waals surface area (Å²) < 4.78 is 66.7. The van der Waals surface area contributed by atoms with Gasteiger partial charge in [0.05, 0.1) is 11.3 Å². The minimum absolute atomic E-state index is 0. The fourth-order valence-electron chi connectivity index (χ4n) is 4.25. The largest absolute Gasteiger partial charge is 0.512 e. The van der Waals surface area contributed by atoms with Gasteiger partial charge in [0.2, 0.25) is 0 Å². The van der Waals surface area contributed by atoms with E-state index >= 15 is 0 Å². The molecule has 0 aliphatic rings. The van der Waals surface area contributed by atoms with Crippen molar-refractivity contribution in [3.05, 3.63) is 102 Å². The van der Waals surface area contributed by atoms with Gasteiger partial charge in [-0.1, -0.05) is 47.3 Å². The number of ketones is 1. The van der Waals surface area contributed by atoms with Crippen molar-refractivity contribution < 1.29 is 52.0 Å². The Morgan fingerprint density at radius 3 is 2.23 bits per heavy atom. The van der Waals surface area contributed by atoms with Crippen LogP contribution in [0.15, 0.2) is 84.8 Å². The molecule has 4 aromatic carbocycles. The maximum absolute atomic E-state index is 13.7. The smallest absolute Gasteiger partial charge is 0.416 e. The second-order valence-electron chi connectivity index (χ2n) is 8.63. The van der Waals surface area contributed by atoms with Gasteiger partial charge >= 0.3 is 6.18 Å². The first-order valence-corrected chi connectivity index (χ1v) is 11.5. The summed E-state index contributed by atoms with van der Waals surface area (Å²) in [6.45, 7) is 2.85. The standard InChI is InChI=1S/C25H13F5N.C5H8O2.Ir/c26-24(27)22-13-16(11-14-3-1-2-4-18(14)22)23-21-7-5-15-12-17(25(28,29)30)6-8-19(15)20(21)9-10-31-23;1-4(6)3-5(2)7;/h1-10,12-13,24H;3,6H,1-2H3;/q-1;;/b;4-3-;. The van der Waals surface area contributed by atoms with Crippen LogP contribution in [0.3, 0.4) is 0 Å². The number of aromatic nitrogens is 1. The molecule has 0 fully saturated rings. The molecule has 1 N–H and O–H groups in total. The van der Waals surface area contributed by atoms with Crippen LogP contribution in [-0.4, -0.2) is 15.9 Å². The Hall–Kier alpha value is -3.68. The number of allylic oxidation sites excluding steroid dienone is 2. The second-order valence-corrected chi connectivity index (χ2v) is 8.63. The molecule has 5 rings (SSSR count). The van der Waals surface area contributed by atoms with Gasteiger partial charge in [-0.05, 0) is 59.2 Å². The zero-order chi connectivity index (χ0) is 27.6. The van der Waals surface area contributed by atoms with Crippen molar-refractivity contribution in [1.82, 2.24) is 4.98 Å². The molecule has 0 atom stereocenters.